The van der Waals surface area contributed by atoms with Crippen molar-refractivity contribution in [1.82, 2.24) is 14.8 Å². The Bertz CT molecular complexity index is 1670. The summed E-state index contributed by atoms with van der Waals surface area (Å²) in [5, 5.41) is 3.89. The predicted octanol–water partition coefficient (Wildman–Crippen LogP) is 5.84. The SMILES string of the molecule is Cc1ccc(OC2COCc3c(C(F)(F)F)nn(-c4cccc(C(=O)N(C)c5ccc6c(c5)OC(F)(F)O6)c4)c32)cn1. The van der Waals surface area contributed by atoms with E-state index in [-0.39, 0.29) is 52.9 Å². The minimum absolute atomic E-state index is 0.0472. The molecular weight excluding hydrogens is 567 g/mol. The Morgan fingerprint density at radius 2 is 1.88 bits per heavy atom. The van der Waals surface area contributed by atoms with E-state index in [0.29, 0.717) is 5.75 Å². The number of ether oxygens (including phenoxy) is 4. The number of alkyl halides is 5. The summed E-state index contributed by atoms with van der Waals surface area (Å²) in [6.45, 7) is 1.40. The molecule has 1 amide bonds. The summed E-state index contributed by atoms with van der Waals surface area (Å²) in [5.41, 5.74) is 0.0514. The van der Waals surface area contributed by atoms with Gasteiger partial charge in [-0.3, -0.25) is 9.78 Å². The van der Waals surface area contributed by atoms with Crippen LogP contribution in [0.15, 0.2) is 60.8 Å². The lowest BCUT2D eigenvalue weighted by atomic mass is 10.1. The Labute approximate surface area is 235 Å². The molecule has 2 aromatic heterocycles. The van der Waals surface area contributed by atoms with Crippen molar-refractivity contribution in [1.29, 1.82) is 0 Å². The van der Waals surface area contributed by atoms with Gasteiger partial charge in [-0.15, -0.1) is 8.78 Å². The molecule has 0 saturated heterocycles. The third-order valence-corrected chi connectivity index (χ3v) is 6.69. The lowest BCUT2D eigenvalue weighted by Crippen LogP contribution is -2.27. The third kappa shape index (κ3) is 5.09. The van der Waals surface area contributed by atoms with E-state index in [0.717, 1.165) is 10.4 Å². The van der Waals surface area contributed by atoms with Crippen LogP contribution in [0.4, 0.5) is 27.6 Å². The third-order valence-electron chi connectivity index (χ3n) is 6.69. The van der Waals surface area contributed by atoms with Crippen LogP contribution >= 0.6 is 0 Å². The average molecular weight is 588 g/mol. The highest BCUT2D eigenvalue weighted by molar-refractivity contribution is 6.06. The van der Waals surface area contributed by atoms with Crippen molar-refractivity contribution < 1.29 is 45.7 Å². The number of aromatic nitrogens is 3. The molecule has 2 aliphatic heterocycles. The summed E-state index contributed by atoms with van der Waals surface area (Å²) < 4.78 is 90.4. The molecule has 4 aromatic rings. The topological polar surface area (TPSA) is 87.9 Å². The Morgan fingerprint density at radius 1 is 1.10 bits per heavy atom. The molecule has 1 atom stereocenters. The van der Waals surface area contributed by atoms with Crippen molar-refractivity contribution in [3.63, 3.8) is 0 Å². The van der Waals surface area contributed by atoms with Crippen LogP contribution in [0, 0.1) is 6.92 Å². The largest absolute Gasteiger partial charge is 0.586 e. The number of hydrogen-bond donors (Lipinski definition) is 0. The van der Waals surface area contributed by atoms with Gasteiger partial charge in [0, 0.05) is 35.6 Å². The number of hydrogen-bond acceptors (Lipinski definition) is 7. The number of fused-ring (bicyclic) bond motifs is 2. The summed E-state index contributed by atoms with van der Waals surface area (Å²) in [6, 6.07) is 13.1. The molecule has 0 saturated carbocycles. The van der Waals surface area contributed by atoms with Crippen LogP contribution in [0.25, 0.3) is 5.69 Å². The van der Waals surface area contributed by atoms with E-state index in [9.17, 15) is 26.7 Å². The maximum absolute atomic E-state index is 14.0. The zero-order valence-electron chi connectivity index (χ0n) is 22.0. The number of rotatable bonds is 5. The summed E-state index contributed by atoms with van der Waals surface area (Å²) in [5.74, 6) is -0.666. The second kappa shape index (κ2) is 9.98. The fourth-order valence-corrected chi connectivity index (χ4v) is 4.71. The molecule has 0 radical (unpaired) electrons. The number of halogens is 5. The number of nitrogens with zero attached hydrogens (tertiary/aromatic N) is 4. The monoisotopic (exact) mass is 588 g/mol. The van der Waals surface area contributed by atoms with E-state index in [1.807, 2.05) is 0 Å². The Morgan fingerprint density at radius 3 is 2.62 bits per heavy atom. The zero-order valence-corrected chi connectivity index (χ0v) is 22.0. The molecule has 6 rings (SSSR count). The smallest absolute Gasteiger partial charge is 0.480 e. The standard InChI is InChI=1S/C28H21F5N4O5/c1-15-6-8-19(12-34-15)40-23-14-39-13-20-24(23)37(35-25(20)27(29,30)31)18-5-3-4-16(10-18)26(38)36(2)17-7-9-21-22(11-17)42-28(32,33)41-21/h3-12,23H,13-14H2,1-2H3. The number of carbonyl (C=O) groups is 1. The fourth-order valence-electron chi connectivity index (χ4n) is 4.71. The highest BCUT2D eigenvalue weighted by Gasteiger charge is 2.44. The lowest BCUT2D eigenvalue weighted by molar-refractivity contribution is -0.286. The van der Waals surface area contributed by atoms with Gasteiger partial charge in [0.15, 0.2) is 23.3 Å². The lowest BCUT2D eigenvalue weighted by Gasteiger charge is -2.26. The van der Waals surface area contributed by atoms with Gasteiger partial charge in [0.05, 0.1) is 30.8 Å². The normalized spacial score (nSPS) is 17.1. The van der Waals surface area contributed by atoms with Crippen LogP contribution < -0.4 is 19.1 Å². The van der Waals surface area contributed by atoms with E-state index in [2.05, 4.69) is 19.6 Å². The van der Waals surface area contributed by atoms with Crippen LogP contribution in [0.3, 0.4) is 0 Å². The van der Waals surface area contributed by atoms with Gasteiger partial charge in [0.25, 0.3) is 5.91 Å². The van der Waals surface area contributed by atoms with Crippen molar-refractivity contribution in [3.05, 3.63) is 89.0 Å². The number of aryl methyl sites for hydroxylation is 1. The Balaban J connectivity index is 1.35. The number of pyridine rings is 1. The van der Waals surface area contributed by atoms with Gasteiger partial charge in [0.1, 0.15) is 5.75 Å². The highest BCUT2D eigenvalue weighted by Crippen LogP contribution is 2.43. The molecule has 1 unspecified atom stereocenters. The summed E-state index contributed by atoms with van der Waals surface area (Å²) >= 11 is 0. The number of benzene rings is 2. The number of amides is 1. The zero-order chi connectivity index (χ0) is 29.8. The van der Waals surface area contributed by atoms with Crippen LogP contribution in [0.1, 0.15) is 39.1 Å². The molecule has 9 nitrogen and oxygen atoms in total. The molecule has 218 valence electrons. The molecule has 14 heteroatoms. The Hall–Kier alpha value is -4.72. The average Bonchev–Trinajstić information content (AvgIpc) is 3.50. The minimum atomic E-state index is -4.78. The molecule has 0 bridgehead atoms. The first-order chi connectivity index (χ1) is 19.9. The molecule has 4 heterocycles. The molecule has 2 aromatic carbocycles. The second-order valence-electron chi connectivity index (χ2n) is 9.59. The molecule has 0 N–H and O–H groups in total. The Kier molecular flexibility index (Phi) is 6.52. The van der Waals surface area contributed by atoms with Crippen molar-refractivity contribution in [3.8, 4) is 22.9 Å². The second-order valence-corrected chi connectivity index (χ2v) is 9.59. The van der Waals surface area contributed by atoms with Gasteiger partial charge in [-0.1, -0.05) is 6.07 Å². The van der Waals surface area contributed by atoms with E-state index >= 15 is 0 Å². The first kappa shape index (κ1) is 27.4. The molecule has 2 aliphatic rings. The summed E-state index contributed by atoms with van der Waals surface area (Å²) in [7, 11) is 1.42. The van der Waals surface area contributed by atoms with E-state index in [4.69, 9.17) is 9.47 Å². The van der Waals surface area contributed by atoms with Gasteiger partial charge in [-0.05, 0) is 49.4 Å². The maximum Gasteiger partial charge on any atom is 0.586 e. The van der Waals surface area contributed by atoms with Gasteiger partial charge in [-0.25, -0.2) is 4.68 Å². The van der Waals surface area contributed by atoms with Crippen molar-refractivity contribution in [2.45, 2.75) is 32.1 Å². The molecule has 0 spiro atoms. The first-order valence-electron chi connectivity index (χ1n) is 12.5. The van der Waals surface area contributed by atoms with Crippen LogP contribution in [0.5, 0.6) is 17.2 Å². The van der Waals surface area contributed by atoms with E-state index < -0.39 is 30.2 Å². The van der Waals surface area contributed by atoms with Gasteiger partial charge < -0.3 is 23.8 Å². The molecule has 42 heavy (non-hydrogen) atoms. The van der Waals surface area contributed by atoms with Gasteiger partial charge in [-0.2, -0.15) is 18.3 Å². The summed E-state index contributed by atoms with van der Waals surface area (Å²) in [6.07, 6.45) is -8.11. The van der Waals surface area contributed by atoms with Crippen molar-refractivity contribution in [2.24, 2.45) is 0 Å². The van der Waals surface area contributed by atoms with E-state index in [1.165, 1.54) is 60.6 Å². The highest BCUT2D eigenvalue weighted by atomic mass is 19.4. The predicted molar refractivity (Wildman–Crippen MR) is 136 cm³/mol. The molecular formula is C28H21F5N4O5. The first-order valence-corrected chi connectivity index (χ1v) is 12.5. The minimum Gasteiger partial charge on any atom is -0.480 e. The maximum atomic E-state index is 14.0. The summed E-state index contributed by atoms with van der Waals surface area (Å²) in [4.78, 5) is 18.7. The van der Waals surface area contributed by atoms with Crippen LogP contribution in [-0.4, -0.2) is 40.6 Å². The van der Waals surface area contributed by atoms with Crippen LogP contribution in [-0.2, 0) is 17.5 Å². The van der Waals surface area contributed by atoms with Crippen molar-refractivity contribution in [2.75, 3.05) is 18.6 Å². The fraction of sp³-hybridized carbons (Fsp3) is 0.250. The van der Waals surface area contributed by atoms with Gasteiger partial charge in [0.2, 0.25) is 0 Å². The quantitative estimate of drug-likeness (QED) is 0.271. The number of anilines is 1. The molecule has 0 fully saturated rings. The van der Waals surface area contributed by atoms with Gasteiger partial charge >= 0.3 is 12.5 Å². The number of carbonyl (C=O) groups excluding carboxylic acids is 1. The molecule has 0 aliphatic carbocycles. The van der Waals surface area contributed by atoms with E-state index in [1.54, 1.807) is 19.1 Å². The van der Waals surface area contributed by atoms with Crippen LogP contribution in [0.2, 0.25) is 0 Å². The van der Waals surface area contributed by atoms with Crippen molar-refractivity contribution >= 4 is 11.6 Å².